The van der Waals surface area contributed by atoms with Gasteiger partial charge < -0.3 is 58.3 Å². The van der Waals surface area contributed by atoms with Crippen molar-refractivity contribution in [2.75, 3.05) is 14.2 Å². The van der Waals surface area contributed by atoms with Gasteiger partial charge in [-0.25, -0.2) is 9.97 Å². The van der Waals surface area contributed by atoms with Gasteiger partial charge in [0, 0.05) is 66.4 Å². The number of benzene rings is 8. The fraction of sp³-hybridized carbons (Fsp3) is 0.200. The van der Waals surface area contributed by atoms with Crippen molar-refractivity contribution in [2.24, 2.45) is 0 Å². The molecule has 97 heavy (non-hydrogen) atoms. The van der Waals surface area contributed by atoms with Crippen LogP contribution in [0.1, 0.15) is 79.0 Å². The third kappa shape index (κ3) is 12.5. The molecule has 490 valence electrons. The van der Waals surface area contributed by atoms with E-state index < -0.39 is 0 Å². The van der Waals surface area contributed by atoms with Crippen LogP contribution < -0.4 is 38.4 Å². The van der Waals surface area contributed by atoms with Gasteiger partial charge in [-0.05, 0) is 81.5 Å². The van der Waals surface area contributed by atoms with Crippen molar-refractivity contribution in [3.05, 3.63) is 168 Å². The first kappa shape index (κ1) is 70.9. The number of ether oxygens (including phenoxy) is 6. The first-order chi connectivity index (χ1) is 45.4. The topological polar surface area (TPSA) is 161 Å². The molecule has 3 aromatic heterocycles. The normalized spacial score (nSPS) is 12.2. The Morgan fingerprint density at radius 3 is 0.835 bits per heavy atom. The van der Waals surface area contributed by atoms with Gasteiger partial charge in [0.2, 0.25) is 5.75 Å². The van der Waals surface area contributed by atoms with Gasteiger partial charge >= 0.3 is 19.5 Å². The summed E-state index contributed by atoms with van der Waals surface area (Å²) in [4.78, 5) is 40.7. The third-order valence-electron chi connectivity index (χ3n) is 16.0. The summed E-state index contributed by atoms with van der Waals surface area (Å²) < 4.78 is 37.5. The van der Waals surface area contributed by atoms with E-state index in [0.29, 0.717) is 17.2 Å². The van der Waals surface area contributed by atoms with Crippen molar-refractivity contribution < 1.29 is 47.9 Å². The quantitative estimate of drug-likeness (QED) is 0.0939. The number of hydrogen-bond acceptors (Lipinski definition) is 12. The van der Waals surface area contributed by atoms with E-state index in [9.17, 15) is 0 Å². The molecule has 5 heterocycles. The van der Waals surface area contributed by atoms with Crippen LogP contribution in [0.3, 0.4) is 0 Å². The Kier molecular flexibility index (Phi) is 19.4. The van der Waals surface area contributed by atoms with E-state index in [1.807, 2.05) is 36.4 Å². The number of rotatable bonds is 10. The number of methoxy groups -OCH3 is 2. The number of nitrogens with zero attached hydrogens (tertiary/aromatic N) is 8. The van der Waals surface area contributed by atoms with Crippen molar-refractivity contribution in [3.8, 4) is 103 Å². The molecule has 27 heteroatoms. The molecule has 0 atom stereocenters. The van der Waals surface area contributed by atoms with Gasteiger partial charge in [0.25, 0.3) is 0 Å². The Hall–Kier alpha value is -5.98. The van der Waals surface area contributed by atoms with Gasteiger partial charge in [-0.3, -0.25) is 0 Å². The summed E-state index contributed by atoms with van der Waals surface area (Å²) in [5.74, 6) is 0.779. The Morgan fingerprint density at radius 1 is 0.289 bits per heavy atom. The molecule has 0 saturated carbocycles. The molecule has 0 radical (unpaired) electrons. The zero-order valence-corrected chi connectivity index (χ0v) is 65.0. The summed E-state index contributed by atoms with van der Waals surface area (Å²) in [5.41, 5.74) is 2.23. The molecule has 0 aliphatic carbocycles. The average Bonchev–Trinajstić information content (AvgIpc) is 1.59. The molecule has 2 aliphatic heterocycles. The van der Waals surface area contributed by atoms with E-state index >= 15 is 0 Å². The summed E-state index contributed by atoms with van der Waals surface area (Å²) in [6, 6.07) is 27.3. The number of fused-ring (bicyclic) bond motifs is 20. The molecule has 8 aromatic carbocycles. The molecule has 2 aliphatic rings. The molecule has 0 spiro atoms. The van der Waals surface area contributed by atoms with Crippen molar-refractivity contribution in [2.45, 2.75) is 78.6 Å². The molecule has 0 N–H and O–H groups in total. The minimum Gasteiger partial charge on any atom is -0.493 e. The van der Waals surface area contributed by atoms with Gasteiger partial charge in [0.1, 0.15) is 37.3 Å². The number of aromatic nitrogens is 8. The second kappa shape index (κ2) is 26.5. The summed E-state index contributed by atoms with van der Waals surface area (Å²) in [5, 5.41) is -1.25. The molecule has 11 aromatic rings. The SMILES string of the molecule is COc1cccc(OC)c1Oc1c(Cl)c(Cl)c2c3nc4nc(nc5[n-]c(nc6nc(nc([n-]3)c2c1Cl)-c1c(Cl)c(Oc2ccc(C(C)(C)C)cc2)c(Cl)c(Cl)c1-6)c1c(Cl)c(Oc2ccc(C(C)(C)C)cc2)c(Cl)c(Cl)c51)-c1c(Cl)c(Oc2ccc(C(C)(C)C)cc2)c(Cl)c(Cl)c1-4.[Zn+2]. The first-order valence-corrected chi connectivity index (χ1v) is 33.7. The molecular weight excluding hydrogens is 1540 g/mol. The van der Waals surface area contributed by atoms with Crippen LogP contribution in [-0.2, 0) is 35.7 Å². The number of hydrogen-bond donors (Lipinski definition) is 0. The van der Waals surface area contributed by atoms with Crippen LogP contribution in [0.25, 0.3) is 89.7 Å². The van der Waals surface area contributed by atoms with E-state index in [0.717, 1.165) is 16.7 Å². The van der Waals surface area contributed by atoms with Gasteiger partial charge in [-0.2, -0.15) is 0 Å². The van der Waals surface area contributed by atoms with Crippen LogP contribution >= 0.6 is 139 Å². The maximum Gasteiger partial charge on any atom is 2.00 e. The Morgan fingerprint density at radius 2 is 0.546 bits per heavy atom. The molecule has 0 saturated heterocycles. The smallest absolute Gasteiger partial charge is 0.493 e. The van der Waals surface area contributed by atoms with E-state index in [-0.39, 0.29) is 226 Å². The second-order valence-corrected chi connectivity index (χ2v) is 29.8. The predicted octanol–water partition coefficient (Wildman–Crippen LogP) is 25.0. The average molecular weight is 1590 g/mol. The van der Waals surface area contributed by atoms with Crippen molar-refractivity contribution in [1.82, 2.24) is 39.9 Å². The van der Waals surface area contributed by atoms with Gasteiger partial charge in [-0.15, -0.1) is 0 Å². The molecule has 13 rings (SSSR count). The Balaban J connectivity index is 0.00000897. The molecular formula is C70H48Cl12N8O6Zn. The Labute approximate surface area is 629 Å². The van der Waals surface area contributed by atoms with Crippen molar-refractivity contribution in [3.63, 3.8) is 0 Å². The minimum atomic E-state index is -0.188. The second-order valence-electron chi connectivity index (χ2n) is 25.3. The van der Waals surface area contributed by atoms with Gasteiger partial charge in [-0.1, -0.05) is 244 Å². The molecule has 14 nitrogen and oxygen atoms in total. The van der Waals surface area contributed by atoms with Gasteiger partial charge in [0.05, 0.1) is 77.7 Å². The third-order valence-corrected chi connectivity index (χ3v) is 20.8. The summed E-state index contributed by atoms with van der Waals surface area (Å²) in [6.45, 7) is 18.8. The van der Waals surface area contributed by atoms with Crippen LogP contribution in [0, 0.1) is 0 Å². The fourth-order valence-corrected chi connectivity index (χ4v) is 14.3. The van der Waals surface area contributed by atoms with Crippen LogP contribution in [0.5, 0.6) is 57.5 Å². The first-order valence-electron chi connectivity index (χ1n) is 29.2. The fourth-order valence-electron chi connectivity index (χ4n) is 10.9. The maximum atomic E-state index is 7.60. The Bertz CT molecular complexity index is 5290. The van der Waals surface area contributed by atoms with Gasteiger partial charge in [0.15, 0.2) is 34.5 Å². The molecule has 0 unspecified atom stereocenters. The largest absolute Gasteiger partial charge is 2.00 e. The monoisotopic (exact) mass is 1580 g/mol. The predicted molar refractivity (Wildman–Crippen MR) is 389 cm³/mol. The summed E-state index contributed by atoms with van der Waals surface area (Å²) in [7, 11) is 2.91. The van der Waals surface area contributed by atoms with Crippen molar-refractivity contribution in [1.29, 1.82) is 0 Å². The molecule has 0 amide bonds. The zero-order valence-electron chi connectivity index (χ0n) is 52.9. The van der Waals surface area contributed by atoms with Crippen LogP contribution in [-0.4, -0.2) is 44.1 Å². The van der Waals surface area contributed by atoms with E-state index in [2.05, 4.69) is 62.3 Å². The van der Waals surface area contributed by atoms with Crippen molar-refractivity contribution >= 4 is 183 Å². The molecule has 0 fully saturated rings. The zero-order chi connectivity index (χ0) is 68.7. The summed E-state index contributed by atoms with van der Waals surface area (Å²) in [6.07, 6.45) is 0. The van der Waals surface area contributed by atoms with E-state index in [4.69, 9.17) is 208 Å². The standard InChI is InChI=1S/C70H48Cl12N8O6.Zn/c1-68(2,3)27-15-21-30(22-16-27)93-56-47(75)39-35(43(71)51(56)79)60-83-61-38-42(50(78)59(54(82)46(38)74)96-55-33(91-10)13-12-14-34(55)92-11)67(85-61)90-66-41-37(45(73)53(81)58(49(41)77)95-32-25-19-29(20-26-32)70(7,8)9)63(89-66)88-65-40-36(62(87-65)86-64(39)84-60)44(72)52(80)57(48(40)76)94-31-23-17-28(18-24-31)69(4,5)6;/h12-26H,1-11H3;/q-2;+2. The van der Waals surface area contributed by atoms with E-state index in [1.54, 1.807) is 54.6 Å². The van der Waals surface area contributed by atoms with Crippen LogP contribution in [0.4, 0.5) is 0 Å². The number of halogens is 12. The molecule has 8 bridgehead atoms. The minimum absolute atomic E-state index is 0. The summed E-state index contributed by atoms with van der Waals surface area (Å²) >= 11 is 89.4. The van der Waals surface area contributed by atoms with Crippen LogP contribution in [0.2, 0.25) is 60.3 Å². The van der Waals surface area contributed by atoms with E-state index in [1.165, 1.54) is 14.2 Å². The maximum absolute atomic E-state index is 7.60. The number of para-hydroxylation sites is 1. The van der Waals surface area contributed by atoms with Crippen LogP contribution in [0.15, 0.2) is 91.0 Å².